The zero-order chi connectivity index (χ0) is 19.1. The van der Waals surface area contributed by atoms with Gasteiger partial charge in [-0.15, -0.1) is 0 Å². The summed E-state index contributed by atoms with van der Waals surface area (Å²) in [5, 5.41) is 3.83. The molecule has 2 saturated carbocycles. The largest absolute Gasteiger partial charge is 0.378 e. The van der Waals surface area contributed by atoms with Crippen molar-refractivity contribution in [2.75, 3.05) is 53.0 Å². The molecule has 0 radical (unpaired) electrons. The Hall–Kier alpha value is -1.34. The maximum absolute atomic E-state index is 12.8. The van der Waals surface area contributed by atoms with Gasteiger partial charge in [0.05, 0.1) is 19.3 Å². The average molecular weight is 391 g/mol. The fraction of sp³-hybridized carbons (Fsp3) is 0.905. The number of amides is 1. The zero-order valence-electron chi connectivity index (χ0n) is 17.1. The molecule has 3 atom stereocenters. The molecule has 5 aliphatic rings. The normalized spacial score (nSPS) is 35.3. The highest BCUT2D eigenvalue weighted by Crippen LogP contribution is 2.62. The fourth-order valence-electron chi connectivity index (χ4n) is 6.27. The van der Waals surface area contributed by atoms with Crippen LogP contribution in [0.15, 0.2) is 4.99 Å². The van der Waals surface area contributed by atoms with E-state index in [0.717, 1.165) is 51.6 Å². The van der Waals surface area contributed by atoms with E-state index >= 15 is 0 Å². The van der Waals surface area contributed by atoms with Crippen molar-refractivity contribution in [1.82, 2.24) is 15.1 Å². The van der Waals surface area contributed by atoms with Crippen LogP contribution < -0.4 is 5.32 Å². The molecule has 7 nitrogen and oxygen atoms in total. The minimum absolute atomic E-state index is 0.154. The number of likely N-dealkylation sites (tertiary alicyclic amines) is 1. The van der Waals surface area contributed by atoms with Gasteiger partial charge in [0.2, 0.25) is 5.91 Å². The SMILES string of the molecule is CN=C(NC1C2CCOC2C12CCC2)N1CCC(C(=O)N2CCOCC2)CC1. The molecular weight excluding hydrogens is 356 g/mol. The summed E-state index contributed by atoms with van der Waals surface area (Å²) in [5.41, 5.74) is 0.363. The molecule has 2 aliphatic carbocycles. The number of aliphatic imine (C=N–C) groups is 1. The van der Waals surface area contributed by atoms with E-state index in [1.54, 1.807) is 0 Å². The summed E-state index contributed by atoms with van der Waals surface area (Å²) >= 11 is 0. The van der Waals surface area contributed by atoms with E-state index in [0.29, 0.717) is 42.6 Å². The number of hydrogen-bond donors (Lipinski definition) is 1. The van der Waals surface area contributed by atoms with E-state index in [-0.39, 0.29) is 5.92 Å². The van der Waals surface area contributed by atoms with Gasteiger partial charge in [0.15, 0.2) is 5.96 Å². The molecule has 0 aromatic carbocycles. The second-order valence-corrected chi connectivity index (χ2v) is 9.20. The van der Waals surface area contributed by atoms with E-state index in [1.165, 1.54) is 25.7 Å². The van der Waals surface area contributed by atoms with Crippen LogP contribution >= 0.6 is 0 Å². The predicted molar refractivity (Wildman–Crippen MR) is 106 cm³/mol. The number of carbonyl (C=O) groups excluding carboxylic acids is 1. The molecule has 3 saturated heterocycles. The van der Waals surface area contributed by atoms with E-state index < -0.39 is 0 Å². The Morgan fingerprint density at radius 3 is 2.43 bits per heavy atom. The first-order chi connectivity index (χ1) is 13.7. The highest BCUT2D eigenvalue weighted by molar-refractivity contribution is 5.82. The maximum atomic E-state index is 12.8. The molecule has 156 valence electrons. The number of morpholine rings is 1. The number of piperidine rings is 1. The molecule has 7 heteroatoms. The molecule has 1 amide bonds. The highest BCUT2D eigenvalue weighted by Gasteiger charge is 2.66. The van der Waals surface area contributed by atoms with Crippen molar-refractivity contribution < 1.29 is 14.3 Å². The van der Waals surface area contributed by atoms with E-state index in [4.69, 9.17) is 9.47 Å². The first-order valence-electron chi connectivity index (χ1n) is 11.2. The summed E-state index contributed by atoms with van der Waals surface area (Å²) in [4.78, 5) is 21.7. The van der Waals surface area contributed by atoms with Gasteiger partial charge in [0, 0.05) is 63.1 Å². The Balaban J connectivity index is 1.17. The average Bonchev–Trinajstić information content (AvgIpc) is 3.13. The van der Waals surface area contributed by atoms with Crippen LogP contribution in [-0.4, -0.2) is 86.9 Å². The van der Waals surface area contributed by atoms with Crippen molar-refractivity contribution >= 4 is 11.9 Å². The van der Waals surface area contributed by atoms with Gasteiger partial charge in [-0.2, -0.15) is 0 Å². The van der Waals surface area contributed by atoms with Crippen LogP contribution in [0.5, 0.6) is 0 Å². The number of carbonyl (C=O) groups is 1. The fourth-order valence-corrected chi connectivity index (χ4v) is 6.27. The summed E-state index contributed by atoms with van der Waals surface area (Å²) in [6, 6.07) is 0.514. The molecule has 0 bridgehead atoms. The predicted octanol–water partition coefficient (Wildman–Crippen LogP) is 1.09. The van der Waals surface area contributed by atoms with Crippen molar-refractivity contribution in [2.45, 2.75) is 50.7 Å². The number of guanidine groups is 1. The molecule has 1 N–H and O–H groups in total. The van der Waals surface area contributed by atoms with Gasteiger partial charge in [0.1, 0.15) is 0 Å². The molecule has 1 spiro atoms. The summed E-state index contributed by atoms with van der Waals surface area (Å²) in [7, 11) is 1.89. The van der Waals surface area contributed by atoms with Gasteiger partial charge < -0.3 is 24.6 Å². The monoisotopic (exact) mass is 390 g/mol. The lowest BCUT2D eigenvalue weighted by molar-refractivity contribution is -0.171. The van der Waals surface area contributed by atoms with Crippen LogP contribution in [-0.2, 0) is 14.3 Å². The van der Waals surface area contributed by atoms with Gasteiger partial charge >= 0.3 is 0 Å². The molecule has 5 fully saturated rings. The second-order valence-electron chi connectivity index (χ2n) is 9.20. The quantitative estimate of drug-likeness (QED) is 0.565. The molecule has 0 aromatic rings. The molecule has 3 unspecified atom stereocenters. The number of nitrogens with one attached hydrogen (secondary N) is 1. The Kier molecular flexibility index (Phi) is 4.99. The van der Waals surface area contributed by atoms with E-state index in [2.05, 4.69) is 15.2 Å². The van der Waals surface area contributed by atoms with Crippen LogP contribution in [0.3, 0.4) is 0 Å². The van der Waals surface area contributed by atoms with Gasteiger partial charge in [-0.05, 0) is 32.1 Å². The number of hydrogen-bond acceptors (Lipinski definition) is 4. The van der Waals surface area contributed by atoms with Crippen LogP contribution in [0, 0.1) is 17.3 Å². The zero-order valence-corrected chi connectivity index (χ0v) is 17.1. The summed E-state index contributed by atoms with van der Waals surface area (Å²) in [6.45, 7) is 5.58. The number of ether oxygens (including phenoxy) is 2. The molecule has 5 rings (SSSR count). The first kappa shape index (κ1) is 18.7. The second kappa shape index (κ2) is 7.48. The lowest BCUT2D eigenvalue weighted by atomic mass is 9.46. The van der Waals surface area contributed by atoms with Crippen molar-refractivity contribution in [2.24, 2.45) is 22.2 Å². The smallest absolute Gasteiger partial charge is 0.225 e. The van der Waals surface area contributed by atoms with Gasteiger partial charge in [-0.1, -0.05) is 6.42 Å². The van der Waals surface area contributed by atoms with Crippen molar-refractivity contribution in [3.63, 3.8) is 0 Å². The van der Waals surface area contributed by atoms with E-state index in [1.807, 2.05) is 11.9 Å². The summed E-state index contributed by atoms with van der Waals surface area (Å²) in [5.74, 6) is 2.15. The third-order valence-corrected chi connectivity index (χ3v) is 8.00. The van der Waals surface area contributed by atoms with E-state index in [9.17, 15) is 4.79 Å². The standard InChI is InChI=1S/C21H34N4O3/c1-22-20(23-17-16-5-12-28-18(16)21(17)6-2-7-21)25-8-3-15(4-9-25)19(26)24-10-13-27-14-11-24/h15-18H,2-14H2,1H3,(H,22,23). The van der Waals surface area contributed by atoms with Gasteiger partial charge in [0.25, 0.3) is 0 Å². The molecule has 3 aliphatic heterocycles. The minimum atomic E-state index is 0.154. The number of fused-ring (bicyclic) bond motifs is 2. The Bertz CT molecular complexity index is 621. The topological polar surface area (TPSA) is 66.4 Å². The van der Waals surface area contributed by atoms with Crippen LogP contribution in [0.25, 0.3) is 0 Å². The highest BCUT2D eigenvalue weighted by atomic mass is 16.5. The Morgan fingerprint density at radius 2 is 1.79 bits per heavy atom. The Morgan fingerprint density at radius 1 is 1.04 bits per heavy atom. The molecular formula is C21H34N4O3. The summed E-state index contributed by atoms with van der Waals surface area (Å²) < 4.78 is 11.4. The molecule has 3 heterocycles. The maximum Gasteiger partial charge on any atom is 0.225 e. The van der Waals surface area contributed by atoms with Crippen molar-refractivity contribution in [3.05, 3.63) is 0 Å². The third-order valence-electron chi connectivity index (χ3n) is 8.00. The van der Waals surface area contributed by atoms with Crippen LogP contribution in [0.4, 0.5) is 0 Å². The van der Waals surface area contributed by atoms with Crippen molar-refractivity contribution in [1.29, 1.82) is 0 Å². The van der Waals surface area contributed by atoms with Crippen molar-refractivity contribution in [3.8, 4) is 0 Å². The van der Waals surface area contributed by atoms with Gasteiger partial charge in [-0.3, -0.25) is 9.79 Å². The van der Waals surface area contributed by atoms with Crippen LogP contribution in [0.1, 0.15) is 38.5 Å². The van der Waals surface area contributed by atoms with Gasteiger partial charge in [-0.25, -0.2) is 0 Å². The minimum Gasteiger partial charge on any atom is -0.378 e. The van der Waals surface area contributed by atoms with Crippen LogP contribution in [0.2, 0.25) is 0 Å². The molecule has 0 aromatic heterocycles. The summed E-state index contributed by atoms with van der Waals surface area (Å²) in [6.07, 6.45) is 7.41. The number of rotatable bonds is 2. The molecule has 28 heavy (non-hydrogen) atoms. The Labute approximate surface area is 167 Å². The number of nitrogens with zero attached hydrogens (tertiary/aromatic N) is 3. The lowest BCUT2D eigenvalue weighted by Crippen LogP contribution is -2.72. The first-order valence-corrected chi connectivity index (χ1v) is 11.2. The third kappa shape index (κ3) is 2.93. The lowest BCUT2D eigenvalue weighted by Gasteiger charge is -2.63.